The van der Waals surface area contributed by atoms with Gasteiger partial charge in [-0.1, -0.05) is 17.7 Å². The summed E-state index contributed by atoms with van der Waals surface area (Å²) in [5, 5.41) is 5.09. The summed E-state index contributed by atoms with van der Waals surface area (Å²) in [5.41, 5.74) is 3.48. The predicted molar refractivity (Wildman–Crippen MR) is 97.7 cm³/mol. The minimum Gasteiger partial charge on any atom is -0.308 e. The Morgan fingerprint density at radius 1 is 1.12 bits per heavy atom. The van der Waals surface area contributed by atoms with E-state index in [0.29, 0.717) is 12.1 Å². The molecule has 0 spiro atoms. The highest BCUT2D eigenvalue weighted by Crippen LogP contribution is 2.34. The highest BCUT2D eigenvalue weighted by Gasteiger charge is 2.26. The summed E-state index contributed by atoms with van der Waals surface area (Å²) >= 11 is 6.24. The maximum absolute atomic E-state index is 12.9. The largest absolute Gasteiger partial charge is 0.308 e. The van der Waals surface area contributed by atoms with E-state index in [1.807, 2.05) is 56.3 Å². The number of hydrogen-bond acceptors (Lipinski definition) is 3. The molecule has 1 amide bonds. The van der Waals surface area contributed by atoms with Crippen molar-refractivity contribution >= 4 is 23.2 Å². The molecule has 2 heterocycles. The number of carbonyl (C=O) groups is 1. The van der Waals surface area contributed by atoms with Gasteiger partial charge in [0.25, 0.3) is 5.91 Å². The molecule has 0 saturated carbocycles. The van der Waals surface area contributed by atoms with Crippen molar-refractivity contribution in [3.8, 4) is 5.69 Å². The van der Waals surface area contributed by atoms with Gasteiger partial charge >= 0.3 is 0 Å². The van der Waals surface area contributed by atoms with Gasteiger partial charge in [0.2, 0.25) is 0 Å². The van der Waals surface area contributed by atoms with E-state index in [1.165, 1.54) is 0 Å². The van der Waals surface area contributed by atoms with Crippen molar-refractivity contribution in [2.75, 3.05) is 11.4 Å². The van der Waals surface area contributed by atoms with Crippen molar-refractivity contribution in [3.05, 3.63) is 70.3 Å². The zero-order valence-corrected chi connectivity index (χ0v) is 14.8. The Bertz CT molecular complexity index is 962. The van der Waals surface area contributed by atoms with Crippen LogP contribution < -0.4 is 4.90 Å². The first-order chi connectivity index (χ1) is 12.0. The van der Waals surface area contributed by atoms with Crippen LogP contribution in [0.4, 0.5) is 5.69 Å². The number of halogens is 1. The van der Waals surface area contributed by atoms with E-state index in [4.69, 9.17) is 11.6 Å². The monoisotopic (exact) mass is 352 g/mol. The predicted octanol–water partition coefficient (Wildman–Crippen LogP) is 3.74. The van der Waals surface area contributed by atoms with E-state index in [0.717, 1.165) is 40.0 Å². The first-order valence-electron chi connectivity index (χ1n) is 8.14. The summed E-state index contributed by atoms with van der Waals surface area (Å²) in [6.07, 6.45) is 0.788. The van der Waals surface area contributed by atoms with Crippen LogP contribution in [0.25, 0.3) is 5.69 Å². The number of carbonyl (C=O) groups excluding carboxylic acids is 1. The van der Waals surface area contributed by atoms with Crippen LogP contribution in [0.1, 0.15) is 27.6 Å². The van der Waals surface area contributed by atoms with Crippen LogP contribution in [-0.2, 0) is 6.42 Å². The summed E-state index contributed by atoms with van der Waals surface area (Å²) in [6, 6.07) is 13.1. The highest BCUT2D eigenvalue weighted by molar-refractivity contribution is 6.32. The Labute approximate surface area is 150 Å². The van der Waals surface area contributed by atoms with Gasteiger partial charge in [-0.05, 0) is 62.2 Å². The van der Waals surface area contributed by atoms with Gasteiger partial charge in [-0.2, -0.15) is 5.10 Å². The highest BCUT2D eigenvalue weighted by atomic mass is 35.5. The van der Waals surface area contributed by atoms with Crippen molar-refractivity contribution in [3.63, 3.8) is 0 Å². The van der Waals surface area contributed by atoms with Crippen molar-refractivity contribution in [2.45, 2.75) is 20.3 Å². The van der Waals surface area contributed by atoms with E-state index in [9.17, 15) is 4.79 Å². The fourth-order valence-electron chi connectivity index (χ4n) is 3.27. The molecular formula is C19H17ClN4O. The average molecular weight is 353 g/mol. The number of rotatable bonds is 2. The molecule has 0 bridgehead atoms. The smallest absolute Gasteiger partial charge is 0.258 e. The topological polar surface area (TPSA) is 51.0 Å². The molecule has 1 aliphatic heterocycles. The SMILES string of the molecule is Cc1nc(C)n(-c2ccc(C(=O)N3CCc4c(Cl)cccc43)cc2)n1. The molecule has 0 atom stereocenters. The number of hydrogen-bond donors (Lipinski definition) is 0. The minimum absolute atomic E-state index is 0.0148. The maximum Gasteiger partial charge on any atom is 0.258 e. The third kappa shape index (κ3) is 2.70. The molecule has 4 rings (SSSR count). The van der Waals surface area contributed by atoms with E-state index in [2.05, 4.69) is 10.1 Å². The number of benzene rings is 2. The van der Waals surface area contributed by atoms with Crippen LogP contribution in [0, 0.1) is 13.8 Å². The zero-order chi connectivity index (χ0) is 17.6. The van der Waals surface area contributed by atoms with E-state index < -0.39 is 0 Å². The van der Waals surface area contributed by atoms with Crippen molar-refractivity contribution in [2.24, 2.45) is 0 Å². The molecule has 0 aliphatic carbocycles. The van der Waals surface area contributed by atoms with Crippen LogP contribution in [0.15, 0.2) is 42.5 Å². The number of aromatic nitrogens is 3. The van der Waals surface area contributed by atoms with Crippen molar-refractivity contribution in [1.29, 1.82) is 0 Å². The van der Waals surface area contributed by atoms with Crippen LogP contribution >= 0.6 is 11.6 Å². The molecule has 0 saturated heterocycles. The van der Waals surface area contributed by atoms with Gasteiger partial charge in [0.05, 0.1) is 5.69 Å². The lowest BCUT2D eigenvalue weighted by Gasteiger charge is -2.17. The molecule has 0 unspecified atom stereocenters. The Morgan fingerprint density at radius 2 is 1.88 bits per heavy atom. The third-order valence-electron chi connectivity index (χ3n) is 4.45. The van der Waals surface area contributed by atoms with Crippen molar-refractivity contribution < 1.29 is 4.79 Å². The maximum atomic E-state index is 12.9. The first-order valence-corrected chi connectivity index (χ1v) is 8.52. The van der Waals surface area contributed by atoms with E-state index >= 15 is 0 Å². The summed E-state index contributed by atoms with van der Waals surface area (Å²) < 4.78 is 1.77. The Hall–Kier alpha value is -2.66. The van der Waals surface area contributed by atoms with Gasteiger partial charge in [-0.3, -0.25) is 4.79 Å². The second-order valence-electron chi connectivity index (χ2n) is 6.11. The normalized spacial score (nSPS) is 13.2. The van der Waals surface area contributed by atoms with Crippen LogP contribution in [0.2, 0.25) is 5.02 Å². The van der Waals surface area contributed by atoms with Crippen LogP contribution in [0.3, 0.4) is 0 Å². The number of anilines is 1. The van der Waals surface area contributed by atoms with Gasteiger partial charge < -0.3 is 4.90 Å². The molecule has 0 N–H and O–H groups in total. The molecule has 25 heavy (non-hydrogen) atoms. The summed E-state index contributed by atoms with van der Waals surface area (Å²) in [6.45, 7) is 4.42. The Balaban J connectivity index is 1.62. The van der Waals surface area contributed by atoms with E-state index in [-0.39, 0.29) is 5.91 Å². The lowest BCUT2D eigenvalue weighted by molar-refractivity contribution is 0.0989. The fourth-order valence-corrected chi connectivity index (χ4v) is 3.53. The molecule has 1 aromatic heterocycles. The van der Waals surface area contributed by atoms with Gasteiger partial charge in [0, 0.05) is 22.8 Å². The second kappa shape index (κ2) is 6.01. The van der Waals surface area contributed by atoms with E-state index in [1.54, 1.807) is 9.58 Å². The van der Waals surface area contributed by atoms with Crippen LogP contribution in [0.5, 0.6) is 0 Å². The minimum atomic E-state index is -0.0148. The second-order valence-corrected chi connectivity index (χ2v) is 6.52. The molecule has 2 aromatic carbocycles. The number of aryl methyl sites for hydroxylation is 2. The average Bonchev–Trinajstić information content (AvgIpc) is 3.18. The Morgan fingerprint density at radius 3 is 2.56 bits per heavy atom. The lowest BCUT2D eigenvalue weighted by Crippen LogP contribution is -2.28. The molecule has 1 aliphatic rings. The zero-order valence-electron chi connectivity index (χ0n) is 14.0. The standard InChI is InChI=1S/C19H17ClN4O/c1-12-21-13(2)24(22-12)15-8-6-14(7-9-15)19(25)23-11-10-16-17(20)4-3-5-18(16)23/h3-9H,10-11H2,1-2H3. The molecular weight excluding hydrogens is 336 g/mol. The molecule has 0 fully saturated rings. The molecule has 3 aromatic rings. The van der Waals surface area contributed by atoms with Gasteiger partial charge in [0.1, 0.15) is 11.6 Å². The van der Waals surface area contributed by atoms with Crippen molar-refractivity contribution in [1.82, 2.24) is 14.8 Å². The summed E-state index contributed by atoms with van der Waals surface area (Å²) in [5.74, 6) is 1.53. The molecule has 6 heteroatoms. The third-order valence-corrected chi connectivity index (χ3v) is 4.80. The Kier molecular flexibility index (Phi) is 3.81. The number of fused-ring (bicyclic) bond motifs is 1. The van der Waals surface area contributed by atoms with Gasteiger partial charge in [-0.25, -0.2) is 9.67 Å². The lowest BCUT2D eigenvalue weighted by atomic mass is 10.1. The summed E-state index contributed by atoms with van der Waals surface area (Å²) in [7, 11) is 0. The number of amides is 1. The first kappa shape index (κ1) is 15.8. The molecule has 0 radical (unpaired) electrons. The molecule has 5 nitrogen and oxygen atoms in total. The quantitative estimate of drug-likeness (QED) is 0.706. The molecule has 126 valence electrons. The fraction of sp³-hybridized carbons (Fsp3) is 0.211. The summed E-state index contributed by atoms with van der Waals surface area (Å²) in [4.78, 5) is 19.0. The van der Waals surface area contributed by atoms with Gasteiger partial charge in [-0.15, -0.1) is 0 Å². The van der Waals surface area contributed by atoms with Gasteiger partial charge in [0.15, 0.2) is 0 Å². The number of nitrogens with zero attached hydrogens (tertiary/aromatic N) is 4. The van der Waals surface area contributed by atoms with Crippen LogP contribution in [-0.4, -0.2) is 27.2 Å².